The molecule has 4 nitrogen and oxygen atoms in total. The minimum atomic E-state index is -1.43. The third kappa shape index (κ3) is 1.40. The predicted molar refractivity (Wildman–Crippen MR) is 54.1 cm³/mol. The van der Waals surface area contributed by atoms with Gasteiger partial charge in [0.1, 0.15) is 5.69 Å². The fraction of sp³-hybridized carbons (Fsp3) is 0.0909. The van der Waals surface area contributed by atoms with E-state index in [0.29, 0.717) is 5.56 Å². The summed E-state index contributed by atoms with van der Waals surface area (Å²) in [5.74, 6) is -2.30. The summed E-state index contributed by atoms with van der Waals surface area (Å²) >= 11 is 0. The van der Waals surface area contributed by atoms with Crippen LogP contribution in [0.3, 0.4) is 0 Å². The van der Waals surface area contributed by atoms with Gasteiger partial charge in [-0.3, -0.25) is 4.79 Å². The molecule has 4 heteroatoms. The number of aryl methyl sites for hydroxylation is 1. The van der Waals surface area contributed by atoms with Crippen LogP contribution >= 0.6 is 0 Å². The van der Waals surface area contributed by atoms with Crippen LogP contribution in [0.25, 0.3) is 5.52 Å². The highest BCUT2D eigenvalue weighted by Gasteiger charge is 2.20. The monoisotopic (exact) mass is 203 g/mol. The number of ketones is 1. The van der Waals surface area contributed by atoms with E-state index >= 15 is 0 Å². The number of nitrogens with zero attached hydrogens (tertiary/aromatic N) is 1. The number of rotatable bonds is 2. The number of carboxylic acid groups (broad SMARTS) is 1. The zero-order chi connectivity index (χ0) is 11.0. The van der Waals surface area contributed by atoms with Gasteiger partial charge in [0.25, 0.3) is 5.78 Å². The Hall–Kier alpha value is -2.10. The van der Waals surface area contributed by atoms with Crippen LogP contribution in [0.4, 0.5) is 0 Å². The maximum absolute atomic E-state index is 11.4. The first-order chi connectivity index (χ1) is 7.11. The molecule has 2 aromatic rings. The number of carboxylic acids is 1. The molecule has 0 aliphatic carbocycles. The van der Waals surface area contributed by atoms with Crippen LogP contribution in [0.5, 0.6) is 0 Å². The second kappa shape index (κ2) is 3.24. The summed E-state index contributed by atoms with van der Waals surface area (Å²) in [7, 11) is 0. The minimum absolute atomic E-state index is 0.220. The van der Waals surface area contributed by atoms with Crippen LogP contribution in [0.1, 0.15) is 16.1 Å². The summed E-state index contributed by atoms with van der Waals surface area (Å²) in [6, 6.07) is 7.21. The van der Waals surface area contributed by atoms with Crippen molar-refractivity contribution in [3.8, 4) is 0 Å². The second-order valence-electron chi connectivity index (χ2n) is 3.31. The van der Waals surface area contributed by atoms with Gasteiger partial charge in [0.05, 0.1) is 0 Å². The van der Waals surface area contributed by atoms with Crippen LogP contribution in [0.2, 0.25) is 0 Å². The van der Waals surface area contributed by atoms with Gasteiger partial charge in [-0.1, -0.05) is 6.07 Å². The molecule has 0 amide bonds. The first-order valence-electron chi connectivity index (χ1n) is 4.45. The molecule has 1 N–H and O–H groups in total. The van der Waals surface area contributed by atoms with Gasteiger partial charge < -0.3 is 9.51 Å². The summed E-state index contributed by atoms with van der Waals surface area (Å²) < 4.78 is 1.59. The Morgan fingerprint density at radius 1 is 1.33 bits per heavy atom. The van der Waals surface area contributed by atoms with Crippen molar-refractivity contribution in [2.24, 2.45) is 0 Å². The molecule has 0 saturated heterocycles. The van der Waals surface area contributed by atoms with Crippen LogP contribution in [0, 0.1) is 6.92 Å². The van der Waals surface area contributed by atoms with E-state index in [1.165, 1.54) is 0 Å². The standard InChI is InChI=1S/C11H9NO3/c1-7-6-8-4-2-3-5-12(8)9(7)10(13)11(14)15/h2-6H,1H3,(H,14,15). The number of aromatic nitrogens is 1. The van der Waals surface area contributed by atoms with Crippen molar-refractivity contribution >= 4 is 17.3 Å². The smallest absolute Gasteiger partial charge is 0.378 e. The predicted octanol–water partition coefficient (Wildman–Crippen LogP) is 1.52. The van der Waals surface area contributed by atoms with Crippen molar-refractivity contribution in [3.63, 3.8) is 0 Å². The van der Waals surface area contributed by atoms with Crippen molar-refractivity contribution in [1.82, 2.24) is 4.40 Å². The first kappa shape index (κ1) is 9.45. The Morgan fingerprint density at radius 3 is 2.73 bits per heavy atom. The lowest BCUT2D eigenvalue weighted by Crippen LogP contribution is -2.16. The van der Waals surface area contributed by atoms with Gasteiger partial charge in [0.2, 0.25) is 0 Å². The molecule has 0 spiro atoms. The van der Waals surface area contributed by atoms with E-state index in [9.17, 15) is 9.59 Å². The van der Waals surface area contributed by atoms with E-state index in [1.54, 1.807) is 29.7 Å². The number of hydrogen-bond donors (Lipinski definition) is 1. The summed E-state index contributed by atoms with van der Waals surface area (Å²) in [5.41, 5.74) is 1.71. The third-order valence-corrected chi connectivity index (χ3v) is 2.28. The molecule has 0 aliphatic rings. The van der Waals surface area contributed by atoms with Crippen LogP contribution in [0.15, 0.2) is 30.5 Å². The molecule has 2 aromatic heterocycles. The molecule has 0 aromatic carbocycles. The number of fused-ring (bicyclic) bond motifs is 1. The molecule has 0 bridgehead atoms. The molecule has 2 rings (SSSR count). The van der Waals surface area contributed by atoms with Gasteiger partial charge in [-0.15, -0.1) is 0 Å². The van der Waals surface area contributed by atoms with E-state index in [0.717, 1.165) is 5.52 Å². The van der Waals surface area contributed by atoms with E-state index in [1.807, 2.05) is 12.1 Å². The molecule has 15 heavy (non-hydrogen) atoms. The maximum atomic E-state index is 11.4. The molecule has 0 fully saturated rings. The summed E-state index contributed by atoms with van der Waals surface area (Å²) in [6.07, 6.45) is 1.68. The van der Waals surface area contributed by atoms with Crippen molar-refractivity contribution in [2.45, 2.75) is 6.92 Å². The fourth-order valence-corrected chi connectivity index (χ4v) is 1.65. The highest BCUT2D eigenvalue weighted by Crippen LogP contribution is 2.16. The Labute approximate surface area is 85.8 Å². The molecule has 0 unspecified atom stereocenters. The number of pyridine rings is 1. The van der Waals surface area contributed by atoms with Crippen LogP contribution in [-0.4, -0.2) is 21.3 Å². The normalized spacial score (nSPS) is 10.5. The Kier molecular flexibility index (Phi) is 2.04. The van der Waals surface area contributed by atoms with Crippen molar-refractivity contribution in [1.29, 1.82) is 0 Å². The lowest BCUT2D eigenvalue weighted by atomic mass is 10.2. The quantitative estimate of drug-likeness (QED) is 0.594. The molecule has 0 atom stereocenters. The number of carbonyl (C=O) groups excluding carboxylic acids is 1. The summed E-state index contributed by atoms with van der Waals surface area (Å²) in [6.45, 7) is 1.73. The average Bonchev–Trinajstić information content (AvgIpc) is 2.52. The first-order valence-corrected chi connectivity index (χ1v) is 4.45. The SMILES string of the molecule is Cc1cc2ccccn2c1C(=O)C(=O)O. The molecule has 0 aliphatic heterocycles. The Morgan fingerprint density at radius 2 is 2.07 bits per heavy atom. The average molecular weight is 203 g/mol. The van der Waals surface area contributed by atoms with Crippen molar-refractivity contribution in [2.75, 3.05) is 0 Å². The highest BCUT2D eigenvalue weighted by molar-refractivity contribution is 6.39. The van der Waals surface area contributed by atoms with E-state index in [4.69, 9.17) is 5.11 Å². The highest BCUT2D eigenvalue weighted by atomic mass is 16.4. The topological polar surface area (TPSA) is 58.8 Å². The fourth-order valence-electron chi connectivity index (χ4n) is 1.65. The van der Waals surface area contributed by atoms with Gasteiger partial charge in [-0.25, -0.2) is 4.79 Å². The molecule has 2 heterocycles. The molecule has 76 valence electrons. The number of carbonyl (C=O) groups is 2. The zero-order valence-corrected chi connectivity index (χ0v) is 8.10. The third-order valence-electron chi connectivity index (χ3n) is 2.28. The second-order valence-corrected chi connectivity index (χ2v) is 3.31. The van der Waals surface area contributed by atoms with Gasteiger partial charge in [0, 0.05) is 11.7 Å². The van der Waals surface area contributed by atoms with Gasteiger partial charge in [-0.2, -0.15) is 0 Å². The van der Waals surface area contributed by atoms with Crippen molar-refractivity contribution < 1.29 is 14.7 Å². The van der Waals surface area contributed by atoms with Gasteiger partial charge >= 0.3 is 5.97 Å². The van der Waals surface area contributed by atoms with E-state index in [-0.39, 0.29) is 5.69 Å². The molecule has 0 saturated carbocycles. The molecule has 0 radical (unpaired) electrons. The van der Waals surface area contributed by atoms with Gasteiger partial charge in [-0.05, 0) is 30.7 Å². The van der Waals surface area contributed by atoms with E-state index in [2.05, 4.69) is 0 Å². The van der Waals surface area contributed by atoms with Crippen LogP contribution < -0.4 is 0 Å². The Balaban J connectivity index is 2.74. The number of hydrogen-bond acceptors (Lipinski definition) is 2. The lowest BCUT2D eigenvalue weighted by molar-refractivity contribution is -0.131. The minimum Gasteiger partial charge on any atom is -0.475 e. The zero-order valence-electron chi connectivity index (χ0n) is 8.10. The lowest BCUT2D eigenvalue weighted by Gasteiger charge is -1.99. The summed E-state index contributed by atoms with van der Waals surface area (Å²) in [4.78, 5) is 22.1. The van der Waals surface area contributed by atoms with Crippen LogP contribution in [-0.2, 0) is 4.79 Å². The largest absolute Gasteiger partial charge is 0.475 e. The molecular weight excluding hydrogens is 194 g/mol. The Bertz CT molecular complexity index is 554. The van der Waals surface area contributed by atoms with E-state index < -0.39 is 11.8 Å². The molecular formula is C11H9NO3. The number of aliphatic carboxylic acids is 1. The summed E-state index contributed by atoms with van der Waals surface area (Å²) in [5, 5.41) is 8.67. The van der Waals surface area contributed by atoms with Gasteiger partial charge in [0.15, 0.2) is 0 Å². The number of Topliss-reactive ketones (excluding diaryl/α,β-unsaturated/α-hetero) is 1. The van der Waals surface area contributed by atoms with Crippen molar-refractivity contribution in [3.05, 3.63) is 41.7 Å². The maximum Gasteiger partial charge on any atom is 0.378 e.